The van der Waals surface area contributed by atoms with E-state index in [9.17, 15) is 14.7 Å². The van der Waals surface area contributed by atoms with E-state index in [2.05, 4.69) is 5.32 Å². The molecule has 5 heteroatoms. The third-order valence-corrected chi connectivity index (χ3v) is 2.73. The van der Waals surface area contributed by atoms with Crippen molar-refractivity contribution in [3.63, 3.8) is 0 Å². The molecule has 2 atom stereocenters. The third kappa shape index (κ3) is 3.20. The molecule has 1 fully saturated rings. The first-order valence-corrected chi connectivity index (χ1v) is 5.37. The fourth-order valence-corrected chi connectivity index (χ4v) is 1.77. The van der Waals surface area contributed by atoms with Crippen LogP contribution in [0.15, 0.2) is 0 Å². The van der Waals surface area contributed by atoms with Gasteiger partial charge >= 0.3 is 0 Å². The molecule has 3 N–H and O–H groups in total. The first kappa shape index (κ1) is 12.0. The Morgan fingerprint density at radius 1 is 1.47 bits per heavy atom. The molecule has 0 saturated carbocycles. The van der Waals surface area contributed by atoms with Gasteiger partial charge in [-0.05, 0) is 5.92 Å². The van der Waals surface area contributed by atoms with E-state index in [0.717, 1.165) is 19.4 Å². The van der Waals surface area contributed by atoms with Crippen LogP contribution in [0.2, 0.25) is 0 Å². The van der Waals surface area contributed by atoms with Crippen molar-refractivity contribution < 1.29 is 20.0 Å². The Hall–Kier alpha value is -1.10. The van der Waals surface area contributed by atoms with E-state index in [-0.39, 0.29) is 17.9 Å². The maximum atomic E-state index is 11.6. The minimum absolute atomic E-state index is 0.120. The second-order valence-electron chi connectivity index (χ2n) is 4.32. The summed E-state index contributed by atoms with van der Waals surface area (Å²) < 4.78 is 0. The molecule has 86 valence electrons. The average Bonchev–Trinajstić information content (AvgIpc) is 2.65. The first-order valence-electron chi connectivity index (χ1n) is 5.37. The van der Waals surface area contributed by atoms with Gasteiger partial charge in [0.1, 0.15) is 0 Å². The monoisotopic (exact) mass is 214 g/mol. The molecule has 15 heavy (non-hydrogen) atoms. The summed E-state index contributed by atoms with van der Waals surface area (Å²) in [6, 6.07) is -1.00. The number of hydrogen-bond donors (Lipinski definition) is 2. The number of carboxylic acids is 1. The van der Waals surface area contributed by atoms with Crippen molar-refractivity contribution in [2.45, 2.75) is 38.8 Å². The summed E-state index contributed by atoms with van der Waals surface area (Å²) in [5.41, 5.74) is 0. The second-order valence-corrected chi connectivity index (χ2v) is 4.32. The molecule has 1 saturated heterocycles. The van der Waals surface area contributed by atoms with Crippen molar-refractivity contribution in [3.8, 4) is 0 Å². The highest BCUT2D eigenvalue weighted by atomic mass is 16.4. The van der Waals surface area contributed by atoms with Gasteiger partial charge in [-0.25, -0.2) is 0 Å². The molecule has 0 bridgehead atoms. The van der Waals surface area contributed by atoms with Crippen LogP contribution in [0.3, 0.4) is 0 Å². The molecule has 0 aliphatic carbocycles. The molecule has 1 aliphatic heterocycles. The lowest BCUT2D eigenvalue weighted by atomic mass is 10.0. The van der Waals surface area contributed by atoms with Gasteiger partial charge in [-0.2, -0.15) is 0 Å². The van der Waals surface area contributed by atoms with Crippen molar-refractivity contribution in [2.75, 3.05) is 6.54 Å². The van der Waals surface area contributed by atoms with Crippen molar-refractivity contribution >= 4 is 11.9 Å². The van der Waals surface area contributed by atoms with Gasteiger partial charge in [0.2, 0.25) is 0 Å². The number of carbonyl (C=O) groups is 2. The van der Waals surface area contributed by atoms with E-state index in [1.807, 2.05) is 5.32 Å². The average molecular weight is 214 g/mol. The zero-order chi connectivity index (χ0) is 11.4. The molecule has 5 nitrogen and oxygen atoms in total. The van der Waals surface area contributed by atoms with Crippen LogP contribution in [0.5, 0.6) is 0 Å². The highest BCUT2D eigenvalue weighted by Crippen LogP contribution is 2.03. The fourth-order valence-electron chi connectivity index (χ4n) is 1.77. The third-order valence-electron chi connectivity index (χ3n) is 2.73. The minimum Gasteiger partial charge on any atom is -0.548 e. The minimum atomic E-state index is -1.21. The fraction of sp³-hybridized carbons (Fsp3) is 0.800. The van der Waals surface area contributed by atoms with E-state index in [0.29, 0.717) is 0 Å². The van der Waals surface area contributed by atoms with Crippen molar-refractivity contribution in [1.29, 1.82) is 0 Å². The number of aliphatic carboxylic acids is 1. The molecule has 0 aromatic rings. The number of nitrogens with one attached hydrogen (secondary N) is 1. The number of carboxylic acid groups (broad SMARTS) is 1. The second kappa shape index (κ2) is 5.11. The summed E-state index contributed by atoms with van der Waals surface area (Å²) in [5.74, 6) is -1.55. The normalized spacial score (nSPS) is 22.7. The van der Waals surface area contributed by atoms with Crippen molar-refractivity contribution in [3.05, 3.63) is 0 Å². The van der Waals surface area contributed by atoms with Crippen LogP contribution in [0.25, 0.3) is 0 Å². The highest BCUT2D eigenvalue weighted by Gasteiger charge is 2.28. The van der Waals surface area contributed by atoms with Gasteiger partial charge in [0.05, 0.1) is 18.6 Å². The van der Waals surface area contributed by atoms with Crippen LogP contribution in [0.4, 0.5) is 0 Å². The summed E-state index contributed by atoms with van der Waals surface area (Å²) in [5, 5.41) is 15.2. The largest absolute Gasteiger partial charge is 0.548 e. The molecular weight excluding hydrogens is 196 g/mol. The van der Waals surface area contributed by atoms with Gasteiger partial charge in [0.15, 0.2) is 6.04 Å². The van der Waals surface area contributed by atoms with Crippen LogP contribution in [-0.4, -0.2) is 30.5 Å². The zero-order valence-electron chi connectivity index (χ0n) is 9.16. The molecular formula is C10H18N2O3. The molecule has 0 aromatic heterocycles. The Kier molecular flexibility index (Phi) is 4.08. The number of carbonyl (C=O) groups excluding carboxylic acids is 2. The topological polar surface area (TPSA) is 85.8 Å². The summed E-state index contributed by atoms with van der Waals surface area (Å²) in [4.78, 5) is 22.4. The Morgan fingerprint density at radius 2 is 2.13 bits per heavy atom. The van der Waals surface area contributed by atoms with Gasteiger partial charge in [-0.1, -0.05) is 13.8 Å². The summed E-state index contributed by atoms with van der Waals surface area (Å²) in [7, 11) is 0. The highest BCUT2D eigenvalue weighted by molar-refractivity contribution is 5.85. The maximum absolute atomic E-state index is 11.6. The lowest BCUT2D eigenvalue weighted by Gasteiger charge is -2.23. The standard InChI is InChI=1S/C10H18N2O3/c1-6(2)8(10(14)15)12-9(13)7-4-3-5-11-7/h6-8,11H,3-5H2,1-2H3,(H,12,13)(H,14,15)/t7-,8+/m1/s1. The van der Waals surface area contributed by atoms with Crippen LogP contribution < -0.4 is 15.7 Å². The Balaban J connectivity index is 2.50. The molecule has 1 heterocycles. The van der Waals surface area contributed by atoms with E-state index in [4.69, 9.17) is 0 Å². The predicted molar refractivity (Wildman–Crippen MR) is 51.6 cm³/mol. The number of rotatable bonds is 4. The Bertz CT molecular complexity index is 247. The van der Waals surface area contributed by atoms with E-state index in [1.54, 1.807) is 13.8 Å². The molecule has 1 aliphatic rings. The van der Waals surface area contributed by atoms with Crippen LogP contribution in [0.1, 0.15) is 26.7 Å². The van der Waals surface area contributed by atoms with Gasteiger partial charge in [-0.3, -0.25) is 4.79 Å². The van der Waals surface area contributed by atoms with E-state index >= 15 is 0 Å². The lowest BCUT2D eigenvalue weighted by Crippen LogP contribution is -2.89. The SMILES string of the molecule is CC(C)[C@H](NC(=O)[C@H]1CCC[NH2+]1)C(=O)[O-]. The van der Waals surface area contributed by atoms with Gasteiger partial charge in [0, 0.05) is 12.8 Å². The van der Waals surface area contributed by atoms with Crippen molar-refractivity contribution in [1.82, 2.24) is 5.32 Å². The Labute approximate surface area is 89.2 Å². The number of amides is 1. The molecule has 1 rings (SSSR count). The summed E-state index contributed by atoms with van der Waals surface area (Å²) >= 11 is 0. The maximum Gasteiger partial charge on any atom is 0.278 e. The molecule has 1 amide bonds. The van der Waals surface area contributed by atoms with Crippen molar-refractivity contribution in [2.24, 2.45) is 5.92 Å². The molecule has 0 radical (unpaired) electrons. The van der Waals surface area contributed by atoms with E-state index in [1.165, 1.54) is 0 Å². The quantitative estimate of drug-likeness (QED) is 0.547. The number of quaternary nitrogens is 1. The molecule has 0 unspecified atom stereocenters. The van der Waals surface area contributed by atoms with Gasteiger partial charge in [0.25, 0.3) is 5.91 Å². The predicted octanol–water partition coefficient (Wildman–Crippen LogP) is -2.40. The van der Waals surface area contributed by atoms with E-state index < -0.39 is 12.0 Å². The Morgan fingerprint density at radius 3 is 2.53 bits per heavy atom. The van der Waals surface area contributed by atoms with Crippen LogP contribution in [-0.2, 0) is 9.59 Å². The van der Waals surface area contributed by atoms with Gasteiger partial charge < -0.3 is 20.5 Å². The smallest absolute Gasteiger partial charge is 0.278 e. The molecule has 0 spiro atoms. The number of nitrogens with two attached hydrogens (primary N) is 1. The zero-order valence-corrected chi connectivity index (χ0v) is 9.16. The molecule has 0 aromatic carbocycles. The first-order chi connectivity index (χ1) is 7.02. The van der Waals surface area contributed by atoms with Crippen LogP contribution >= 0.6 is 0 Å². The summed E-state index contributed by atoms with van der Waals surface area (Å²) in [6.45, 7) is 4.44. The lowest BCUT2D eigenvalue weighted by molar-refractivity contribution is -0.657. The van der Waals surface area contributed by atoms with Gasteiger partial charge in [-0.15, -0.1) is 0 Å². The number of hydrogen-bond acceptors (Lipinski definition) is 3. The summed E-state index contributed by atoms with van der Waals surface area (Å²) in [6.07, 6.45) is 1.83. The van der Waals surface area contributed by atoms with Crippen LogP contribution in [0, 0.1) is 5.92 Å².